The summed E-state index contributed by atoms with van der Waals surface area (Å²) in [6.45, 7) is 1.63. The lowest BCUT2D eigenvalue weighted by Crippen LogP contribution is -2.20. The zero-order valence-corrected chi connectivity index (χ0v) is 13.3. The fourth-order valence-electron chi connectivity index (χ4n) is 1.79. The van der Waals surface area contributed by atoms with Crippen molar-refractivity contribution in [2.45, 2.75) is 6.92 Å². The highest BCUT2D eigenvalue weighted by Gasteiger charge is 2.05. The highest BCUT2D eigenvalue weighted by Crippen LogP contribution is 2.14. The SMILES string of the molecule is Cc1ccc(/C=C/C(=O)OCC(=O)Nc2cccc(Cl)c2)cc1. The fraction of sp³-hybridized carbons (Fsp3) is 0.111. The molecule has 0 spiro atoms. The molecule has 0 radical (unpaired) electrons. The highest BCUT2D eigenvalue weighted by molar-refractivity contribution is 6.30. The van der Waals surface area contributed by atoms with Gasteiger partial charge < -0.3 is 10.1 Å². The van der Waals surface area contributed by atoms with Crippen LogP contribution in [0.25, 0.3) is 6.08 Å². The molecule has 1 N–H and O–H groups in total. The van der Waals surface area contributed by atoms with Gasteiger partial charge in [0.1, 0.15) is 0 Å². The highest BCUT2D eigenvalue weighted by atomic mass is 35.5. The Morgan fingerprint density at radius 1 is 1.17 bits per heavy atom. The molecule has 0 atom stereocenters. The van der Waals surface area contributed by atoms with Crippen molar-refractivity contribution in [3.05, 3.63) is 70.8 Å². The summed E-state index contributed by atoms with van der Waals surface area (Å²) in [6, 6.07) is 14.4. The van der Waals surface area contributed by atoms with Gasteiger partial charge in [-0.15, -0.1) is 0 Å². The van der Waals surface area contributed by atoms with Gasteiger partial charge in [-0.2, -0.15) is 0 Å². The fourth-order valence-corrected chi connectivity index (χ4v) is 1.98. The number of rotatable bonds is 5. The Labute approximate surface area is 139 Å². The minimum atomic E-state index is -0.577. The molecule has 0 heterocycles. The van der Waals surface area contributed by atoms with Crippen LogP contribution in [0.3, 0.4) is 0 Å². The van der Waals surface area contributed by atoms with Gasteiger partial charge in [-0.05, 0) is 36.8 Å². The Morgan fingerprint density at radius 3 is 2.61 bits per heavy atom. The zero-order valence-electron chi connectivity index (χ0n) is 12.6. The smallest absolute Gasteiger partial charge is 0.331 e. The molecule has 0 aliphatic heterocycles. The average Bonchev–Trinajstić information content (AvgIpc) is 2.52. The number of esters is 1. The van der Waals surface area contributed by atoms with Crippen LogP contribution in [0.5, 0.6) is 0 Å². The van der Waals surface area contributed by atoms with Crippen LogP contribution >= 0.6 is 11.6 Å². The number of anilines is 1. The minimum absolute atomic E-state index is 0.358. The number of benzene rings is 2. The molecule has 0 aromatic heterocycles. The van der Waals surface area contributed by atoms with Gasteiger partial charge in [0.15, 0.2) is 6.61 Å². The Morgan fingerprint density at radius 2 is 1.91 bits per heavy atom. The third-order valence-corrected chi connectivity index (χ3v) is 3.18. The van der Waals surface area contributed by atoms with Crippen molar-refractivity contribution in [3.63, 3.8) is 0 Å². The number of hydrogen-bond donors (Lipinski definition) is 1. The maximum Gasteiger partial charge on any atom is 0.331 e. The van der Waals surface area contributed by atoms with Gasteiger partial charge in [-0.3, -0.25) is 4.79 Å². The molecule has 2 rings (SSSR count). The summed E-state index contributed by atoms with van der Waals surface area (Å²) < 4.78 is 4.88. The average molecular weight is 330 g/mol. The molecule has 118 valence electrons. The summed E-state index contributed by atoms with van der Waals surface area (Å²) in [6.07, 6.45) is 2.92. The van der Waals surface area contributed by atoms with Gasteiger partial charge >= 0.3 is 5.97 Å². The van der Waals surface area contributed by atoms with Crippen molar-refractivity contribution in [3.8, 4) is 0 Å². The van der Waals surface area contributed by atoms with E-state index in [1.54, 1.807) is 30.3 Å². The third kappa shape index (κ3) is 5.96. The molecule has 0 aliphatic rings. The molecule has 0 bridgehead atoms. The number of carbonyl (C=O) groups is 2. The quantitative estimate of drug-likeness (QED) is 0.669. The lowest BCUT2D eigenvalue weighted by molar-refractivity contribution is -0.142. The van der Waals surface area contributed by atoms with Crippen molar-refractivity contribution < 1.29 is 14.3 Å². The predicted molar refractivity (Wildman–Crippen MR) is 91.3 cm³/mol. The van der Waals surface area contributed by atoms with E-state index in [9.17, 15) is 9.59 Å². The Bertz CT molecular complexity index is 723. The topological polar surface area (TPSA) is 55.4 Å². The van der Waals surface area contributed by atoms with Crippen LogP contribution in [0.2, 0.25) is 5.02 Å². The molecule has 23 heavy (non-hydrogen) atoms. The minimum Gasteiger partial charge on any atom is -0.452 e. The van der Waals surface area contributed by atoms with E-state index < -0.39 is 11.9 Å². The van der Waals surface area contributed by atoms with E-state index in [2.05, 4.69) is 5.32 Å². The molecule has 4 nitrogen and oxygen atoms in total. The predicted octanol–water partition coefficient (Wildman–Crippen LogP) is 3.84. The van der Waals surface area contributed by atoms with Crippen molar-refractivity contribution in [1.29, 1.82) is 0 Å². The lowest BCUT2D eigenvalue weighted by Gasteiger charge is -2.05. The number of halogens is 1. The first-order valence-electron chi connectivity index (χ1n) is 7.00. The maximum absolute atomic E-state index is 11.7. The molecule has 2 aromatic carbocycles. The van der Waals surface area contributed by atoms with Gasteiger partial charge in [0, 0.05) is 16.8 Å². The van der Waals surface area contributed by atoms with Crippen LogP contribution in [0.1, 0.15) is 11.1 Å². The van der Waals surface area contributed by atoms with Gasteiger partial charge in [-0.25, -0.2) is 4.79 Å². The van der Waals surface area contributed by atoms with Crippen LogP contribution in [0.4, 0.5) is 5.69 Å². The third-order valence-electron chi connectivity index (χ3n) is 2.94. The molecule has 5 heteroatoms. The lowest BCUT2D eigenvalue weighted by atomic mass is 10.1. The van der Waals surface area contributed by atoms with Crippen molar-refractivity contribution >= 4 is 35.2 Å². The first kappa shape index (κ1) is 16.8. The molecule has 0 fully saturated rings. The molecule has 0 saturated carbocycles. The van der Waals surface area contributed by atoms with Crippen LogP contribution in [-0.4, -0.2) is 18.5 Å². The first-order chi connectivity index (χ1) is 11.0. The van der Waals surface area contributed by atoms with E-state index >= 15 is 0 Å². The van der Waals surface area contributed by atoms with E-state index in [1.165, 1.54) is 6.08 Å². The van der Waals surface area contributed by atoms with Crippen molar-refractivity contribution in [1.82, 2.24) is 0 Å². The molecule has 1 amide bonds. The summed E-state index contributed by atoms with van der Waals surface area (Å²) >= 11 is 5.82. The summed E-state index contributed by atoms with van der Waals surface area (Å²) in [5.74, 6) is -1.00. The van der Waals surface area contributed by atoms with E-state index in [0.717, 1.165) is 11.1 Å². The number of amides is 1. The van der Waals surface area contributed by atoms with Gasteiger partial charge in [-0.1, -0.05) is 47.5 Å². The maximum atomic E-state index is 11.7. The van der Waals surface area contributed by atoms with E-state index in [0.29, 0.717) is 10.7 Å². The van der Waals surface area contributed by atoms with E-state index in [-0.39, 0.29) is 6.61 Å². The molecule has 0 unspecified atom stereocenters. The van der Waals surface area contributed by atoms with Crippen LogP contribution < -0.4 is 5.32 Å². The standard InChI is InChI=1S/C18H16ClNO3/c1-13-5-7-14(8-6-13)9-10-18(22)23-12-17(21)20-16-4-2-3-15(19)11-16/h2-11H,12H2,1H3,(H,20,21)/b10-9+. The first-order valence-corrected chi connectivity index (χ1v) is 7.37. The number of hydrogen-bond acceptors (Lipinski definition) is 3. The molecular formula is C18H16ClNO3. The molecule has 0 saturated heterocycles. The second-order valence-corrected chi connectivity index (χ2v) is 5.35. The Hall–Kier alpha value is -2.59. The van der Waals surface area contributed by atoms with Gasteiger partial charge in [0.2, 0.25) is 0 Å². The zero-order chi connectivity index (χ0) is 16.7. The normalized spacial score (nSPS) is 10.5. The monoisotopic (exact) mass is 329 g/mol. The Balaban J connectivity index is 1.79. The second-order valence-electron chi connectivity index (χ2n) is 4.91. The summed E-state index contributed by atoms with van der Waals surface area (Å²) in [5.41, 5.74) is 2.58. The summed E-state index contributed by atoms with van der Waals surface area (Å²) in [5, 5.41) is 3.11. The van der Waals surface area contributed by atoms with E-state index in [4.69, 9.17) is 16.3 Å². The second kappa shape index (κ2) is 8.15. The number of aryl methyl sites for hydroxylation is 1. The molecule has 0 aliphatic carbocycles. The number of carbonyl (C=O) groups excluding carboxylic acids is 2. The number of nitrogens with one attached hydrogen (secondary N) is 1. The van der Waals surface area contributed by atoms with Crippen molar-refractivity contribution in [2.75, 3.05) is 11.9 Å². The van der Waals surface area contributed by atoms with E-state index in [1.807, 2.05) is 31.2 Å². The summed E-state index contributed by atoms with van der Waals surface area (Å²) in [4.78, 5) is 23.3. The molecular weight excluding hydrogens is 314 g/mol. The largest absolute Gasteiger partial charge is 0.452 e. The van der Waals surface area contributed by atoms with Crippen LogP contribution in [-0.2, 0) is 14.3 Å². The Kier molecular flexibility index (Phi) is 5.94. The van der Waals surface area contributed by atoms with Crippen LogP contribution in [0.15, 0.2) is 54.6 Å². The van der Waals surface area contributed by atoms with Gasteiger partial charge in [0.05, 0.1) is 0 Å². The van der Waals surface area contributed by atoms with Crippen molar-refractivity contribution in [2.24, 2.45) is 0 Å². The van der Waals surface area contributed by atoms with Gasteiger partial charge in [0.25, 0.3) is 5.91 Å². The number of ether oxygens (including phenoxy) is 1. The molecule has 2 aromatic rings. The summed E-state index contributed by atoms with van der Waals surface area (Å²) in [7, 11) is 0. The van der Waals surface area contributed by atoms with Crippen LogP contribution in [0, 0.1) is 6.92 Å².